The van der Waals surface area contributed by atoms with Crippen LogP contribution < -0.4 is 5.73 Å². The summed E-state index contributed by atoms with van der Waals surface area (Å²) in [6.07, 6.45) is 1.25. The van der Waals surface area contributed by atoms with Crippen LogP contribution in [0.4, 0.5) is 0 Å². The zero-order chi connectivity index (χ0) is 10.6. The van der Waals surface area contributed by atoms with Crippen molar-refractivity contribution in [2.45, 2.75) is 39.3 Å². The highest BCUT2D eigenvalue weighted by Crippen LogP contribution is 2.12. The summed E-state index contributed by atoms with van der Waals surface area (Å²) in [6.45, 7) is 12.5. The van der Waals surface area contributed by atoms with Crippen molar-refractivity contribution in [3.63, 3.8) is 0 Å². The minimum Gasteiger partial charge on any atom is -0.327 e. The predicted molar refractivity (Wildman–Crippen MR) is 61.4 cm³/mol. The quantitative estimate of drug-likeness (QED) is 0.725. The van der Waals surface area contributed by atoms with Crippen LogP contribution in [0.25, 0.3) is 0 Å². The molecule has 0 aromatic carbocycles. The number of rotatable bonds is 4. The van der Waals surface area contributed by atoms with E-state index in [0.29, 0.717) is 6.04 Å². The third-order valence-electron chi connectivity index (χ3n) is 3.11. The summed E-state index contributed by atoms with van der Waals surface area (Å²) in [4.78, 5) is 5.09. The van der Waals surface area contributed by atoms with E-state index in [-0.39, 0.29) is 0 Å². The van der Waals surface area contributed by atoms with Crippen LogP contribution in [0.3, 0.4) is 0 Å². The number of nitrogens with zero attached hydrogens (tertiary/aromatic N) is 2. The molecule has 3 heteroatoms. The van der Waals surface area contributed by atoms with Crippen LogP contribution in [0.15, 0.2) is 0 Å². The van der Waals surface area contributed by atoms with Gasteiger partial charge < -0.3 is 5.73 Å². The minimum absolute atomic E-state index is 0.306. The van der Waals surface area contributed by atoms with Crippen molar-refractivity contribution in [2.75, 3.05) is 32.7 Å². The maximum Gasteiger partial charge on any atom is 0.0220 e. The van der Waals surface area contributed by atoms with Crippen molar-refractivity contribution in [1.29, 1.82) is 0 Å². The van der Waals surface area contributed by atoms with Crippen LogP contribution in [0.5, 0.6) is 0 Å². The van der Waals surface area contributed by atoms with Crippen LogP contribution in [0.2, 0.25) is 0 Å². The molecule has 84 valence electrons. The van der Waals surface area contributed by atoms with Crippen molar-refractivity contribution in [3.05, 3.63) is 0 Å². The highest BCUT2D eigenvalue weighted by molar-refractivity contribution is 4.81. The Labute approximate surface area is 88.2 Å². The molecule has 1 fully saturated rings. The van der Waals surface area contributed by atoms with Gasteiger partial charge in [-0.25, -0.2) is 0 Å². The second-order valence-electron chi connectivity index (χ2n) is 4.43. The lowest BCUT2D eigenvalue weighted by Crippen LogP contribution is -2.54. The van der Waals surface area contributed by atoms with E-state index in [9.17, 15) is 0 Å². The average molecular weight is 199 g/mol. The van der Waals surface area contributed by atoms with E-state index in [4.69, 9.17) is 5.73 Å². The van der Waals surface area contributed by atoms with Gasteiger partial charge in [0.2, 0.25) is 0 Å². The van der Waals surface area contributed by atoms with Gasteiger partial charge in [-0.2, -0.15) is 0 Å². The van der Waals surface area contributed by atoms with Crippen molar-refractivity contribution < 1.29 is 0 Å². The summed E-state index contributed by atoms with van der Waals surface area (Å²) in [5, 5.41) is 0. The van der Waals surface area contributed by atoms with Crippen LogP contribution in [-0.4, -0.2) is 54.6 Å². The third kappa shape index (κ3) is 3.23. The highest BCUT2D eigenvalue weighted by atomic mass is 15.3. The number of hydrogen-bond acceptors (Lipinski definition) is 3. The summed E-state index contributed by atoms with van der Waals surface area (Å²) in [5.41, 5.74) is 5.82. The number of hydrogen-bond donors (Lipinski definition) is 1. The Hall–Kier alpha value is -0.120. The van der Waals surface area contributed by atoms with E-state index >= 15 is 0 Å². The molecule has 0 aromatic rings. The van der Waals surface area contributed by atoms with Crippen molar-refractivity contribution in [3.8, 4) is 0 Å². The Morgan fingerprint density at radius 1 is 1.36 bits per heavy atom. The maximum atomic E-state index is 5.82. The van der Waals surface area contributed by atoms with E-state index in [2.05, 4.69) is 30.6 Å². The molecule has 1 aliphatic rings. The van der Waals surface area contributed by atoms with Crippen molar-refractivity contribution in [1.82, 2.24) is 9.80 Å². The first-order chi connectivity index (χ1) is 6.67. The molecule has 0 spiro atoms. The molecule has 0 aromatic heterocycles. The molecule has 14 heavy (non-hydrogen) atoms. The van der Waals surface area contributed by atoms with E-state index in [1.54, 1.807) is 0 Å². The minimum atomic E-state index is 0.306. The molecule has 1 rings (SSSR count). The molecule has 2 N–H and O–H groups in total. The lowest BCUT2D eigenvalue weighted by atomic mass is 10.1. The highest BCUT2D eigenvalue weighted by Gasteiger charge is 2.24. The lowest BCUT2D eigenvalue weighted by Gasteiger charge is -2.41. The third-order valence-corrected chi connectivity index (χ3v) is 3.11. The van der Waals surface area contributed by atoms with Crippen LogP contribution in [0.1, 0.15) is 27.2 Å². The first kappa shape index (κ1) is 12.0. The Morgan fingerprint density at radius 2 is 2.07 bits per heavy atom. The van der Waals surface area contributed by atoms with Gasteiger partial charge in [0, 0.05) is 38.3 Å². The molecule has 1 saturated heterocycles. The van der Waals surface area contributed by atoms with Gasteiger partial charge in [0.25, 0.3) is 0 Å². The van der Waals surface area contributed by atoms with E-state index < -0.39 is 0 Å². The van der Waals surface area contributed by atoms with Crippen LogP contribution in [-0.2, 0) is 0 Å². The predicted octanol–water partition coefficient (Wildman–Crippen LogP) is 0.750. The molecule has 0 radical (unpaired) electrons. The van der Waals surface area contributed by atoms with Crippen LogP contribution in [0, 0.1) is 0 Å². The summed E-state index contributed by atoms with van der Waals surface area (Å²) < 4.78 is 0. The molecule has 1 aliphatic heterocycles. The van der Waals surface area contributed by atoms with Gasteiger partial charge in [0.1, 0.15) is 0 Å². The Morgan fingerprint density at radius 3 is 2.57 bits per heavy atom. The second kappa shape index (κ2) is 5.69. The van der Waals surface area contributed by atoms with Gasteiger partial charge in [-0.05, 0) is 19.9 Å². The van der Waals surface area contributed by atoms with E-state index in [1.165, 1.54) is 32.6 Å². The Balaban J connectivity index is 2.40. The van der Waals surface area contributed by atoms with Crippen molar-refractivity contribution in [2.24, 2.45) is 5.73 Å². The first-order valence-corrected chi connectivity index (χ1v) is 5.89. The van der Waals surface area contributed by atoms with E-state index in [1.807, 2.05) is 0 Å². The largest absolute Gasteiger partial charge is 0.327 e. The molecular formula is C11H25N3. The molecule has 3 nitrogen and oxygen atoms in total. The average Bonchev–Trinajstić information content (AvgIpc) is 2.16. The SMILES string of the molecule is CCC1CN(CC(C)N)CCN1CC. The zero-order valence-corrected chi connectivity index (χ0v) is 9.87. The molecule has 0 amide bonds. The number of piperazine rings is 1. The number of nitrogens with two attached hydrogens (primary N) is 1. The molecule has 2 unspecified atom stereocenters. The smallest absolute Gasteiger partial charge is 0.0220 e. The van der Waals surface area contributed by atoms with Crippen molar-refractivity contribution >= 4 is 0 Å². The summed E-state index contributed by atoms with van der Waals surface area (Å²) in [7, 11) is 0. The van der Waals surface area contributed by atoms with Crippen LogP contribution >= 0.6 is 0 Å². The Kier molecular flexibility index (Phi) is 4.85. The number of likely N-dealkylation sites (N-methyl/N-ethyl adjacent to an activating group) is 1. The fraction of sp³-hybridized carbons (Fsp3) is 1.00. The monoisotopic (exact) mass is 199 g/mol. The topological polar surface area (TPSA) is 32.5 Å². The van der Waals surface area contributed by atoms with Gasteiger partial charge in [-0.15, -0.1) is 0 Å². The Bertz CT molecular complexity index is 159. The normalized spacial score (nSPS) is 27.9. The van der Waals surface area contributed by atoms with Gasteiger partial charge in [-0.3, -0.25) is 9.80 Å². The second-order valence-corrected chi connectivity index (χ2v) is 4.43. The van der Waals surface area contributed by atoms with Gasteiger partial charge in [-0.1, -0.05) is 13.8 Å². The van der Waals surface area contributed by atoms with Gasteiger partial charge in [0.15, 0.2) is 0 Å². The molecular weight excluding hydrogens is 174 g/mol. The summed E-state index contributed by atoms with van der Waals surface area (Å²) in [6, 6.07) is 1.05. The summed E-state index contributed by atoms with van der Waals surface area (Å²) in [5.74, 6) is 0. The molecule has 0 aliphatic carbocycles. The van der Waals surface area contributed by atoms with Gasteiger partial charge >= 0.3 is 0 Å². The zero-order valence-electron chi connectivity index (χ0n) is 9.87. The summed E-state index contributed by atoms with van der Waals surface area (Å²) >= 11 is 0. The molecule has 2 atom stereocenters. The standard InChI is InChI=1S/C11H25N3/c1-4-11-9-13(8-10(3)12)6-7-14(11)5-2/h10-11H,4-9,12H2,1-3H3. The molecule has 0 saturated carbocycles. The fourth-order valence-corrected chi connectivity index (χ4v) is 2.33. The molecule has 1 heterocycles. The maximum absolute atomic E-state index is 5.82. The first-order valence-electron chi connectivity index (χ1n) is 5.89. The van der Waals surface area contributed by atoms with E-state index in [0.717, 1.165) is 12.6 Å². The fourth-order valence-electron chi connectivity index (χ4n) is 2.33. The van der Waals surface area contributed by atoms with Gasteiger partial charge in [0.05, 0.1) is 0 Å². The lowest BCUT2D eigenvalue weighted by molar-refractivity contribution is 0.0739. The molecule has 0 bridgehead atoms.